The minimum Gasteiger partial charge on any atom is -0.337 e. The van der Waals surface area contributed by atoms with Gasteiger partial charge in [0.2, 0.25) is 0 Å². The van der Waals surface area contributed by atoms with Crippen molar-refractivity contribution in [3.63, 3.8) is 0 Å². The molecule has 0 saturated carbocycles. The number of carbonyl (C=O) groups excluding carboxylic acids is 2. The molecule has 2 heterocycles. The van der Waals surface area contributed by atoms with Crippen LogP contribution in [-0.2, 0) is 6.54 Å². The summed E-state index contributed by atoms with van der Waals surface area (Å²) in [4.78, 5) is 34.8. The van der Waals surface area contributed by atoms with Crippen molar-refractivity contribution in [3.8, 4) is 11.1 Å². The predicted octanol–water partition coefficient (Wildman–Crippen LogP) is 3.64. The van der Waals surface area contributed by atoms with Gasteiger partial charge < -0.3 is 4.90 Å². The van der Waals surface area contributed by atoms with Crippen LogP contribution in [0.15, 0.2) is 67.0 Å². The summed E-state index contributed by atoms with van der Waals surface area (Å²) in [6.45, 7) is 4.02. The Morgan fingerprint density at radius 2 is 1.70 bits per heavy atom. The maximum Gasteiger partial charge on any atom is 0.254 e. The van der Waals surface area contributed by atoms with Crippen molar-refractivity contribution in [2.45, 2.75) is 13.0 Å². The fourth-order valence-corrected chi connectivity index (χ4v) is 4.51. The summed E-state index contributed by atoms with van der Waals surface area (Å²) in [7, 11) is 0. The van der Waals surface area contributed by atoms with Crippen molar-refractivity contribution in [1.29, 1.82) is 0 Å². The average molecular weight is 397 g/mol. The SMILES string of the molecule is O=C1c2ccccc2-c2c1cccc2C(=O)N1CCCN(Cc2cccnc2)CC1. The summed E-state index contributed by atoms with van der Waals surface area (Å²) in [5.41, 5.74) is 4.80. The van der Waals surface area contributed by atoms with Gasteiger partial charge in [-0.25, -0.2) is 0 Å². The maximum atomic E-state index is 13.5. The summed E-state index contributed by atoms with van der Waals surface area (Å²) in [6.07, 6.45) is 4.61. The van der Waals surface area contributed by atoms with Gasteiger partial charge in [-0.05, 0) is 29.7 Å². The Morgan fingerprint density at radius 1 is 0.867 bits per heavy atom. The highest BCUT2D eigenvalue weighted by Gasteiger charge is 2.31. The number of hydrogen-bond donors (Lipinski definition) is 0. The molecule has 2 aliphatic rings. The molecule has 1 aromatic heterocycles. The van der Waals surface area contributed by atoms with E-state index in [0.29, 0.717) is 23.2 Å². The van der Waals surface area contributed by atoms with Gasteiger partial charge in [0, 0.05) is 67.4 Å². The van der Waals surface area contributed by atoms with Crippen LogP contribution in [0.2, 0.25) is 0 Å². The number of hydrogen-bond acceptors (Lipinski definition) is 4. The van der Waals surface area contributed by atoms with Crippen molar-refractivity contribution < 1.29 is 9.59 Å². The van der Waals surface area contributed by atoms with E-state index >= 15 is 0 Å². The minimum atomic E-state index is 0.00811. The molecule has 5 heteroatoms. The molecule has 1 saturated heterocycles. The predicted molar refractivity (Wildman–Crippen MR) is 115 cm³/mol. The Morgan fingerprint density at radius 3 is 2.53 bits per heavy atom. The van der Waals surface area contributed by atoms with Crippen LogP contribution in [0.3, 0.4) is 0 Å². The first-order chi connectivity index (χ1) is 14.7. The molecule has 1 aliphatic heterocycles. The summed E-state index contributed by atoms with van der Waals surface area (Å²) in [5, 5.41) is 0. The Hall–Kier alpha value is -3.31. The van der Waals surface area contributed by atoms with E-state index in [-0.39, 0.29) is 11.7 Å². The molecule has 0 N–H and O–H groups in total. The number of carbonyl (C=O) groups is 2. The summed E-state index contributed by atoms with van der Waals surface area (Å²) in [5.74, 6) is 0.0216. The normalized spacial score (nSPS) is 16.1. The molecule has 0 radical (unpaired) electrons. The zero-order valence-corrected chi connectivity index (χ0v) is 16.8. The van der Waals surface area contributed by atoms with Gasteiger partial charge in [0.1, 0.15) is 0 Å². The van der Waals surface area contributed by atoms with E-state index in [0.717, 1.165) is 43.7 Å². The lowest BCUT2D eigenvalue weighted by Crippen LogP contribution is -2.35. The van der Waals surface area contributed by atoms with Gasteiger partial charge in [-0.15, -0.1) is 0 Å². The van der Waals surface area contributed by atoms with Gasteiger partial charge in [-0.1, -0.05) is 42.5 Å². The Kier molecular flexibility index (Phi) is 4.89. The van der Waals surface area contributed by atoms with Crippen molar-refractivity contribution in [3.05, 3.63) is 89.2 Å². The highest BCUT2D eigenvalue weighted by molar-refractivity contribution is 6.24. The fourth-order valence-electron chi connectivity index (χ4n) is 4.51. The third kappa shape index (κ3) is 3.31. The topological polar surface area (TPSA) is 53.5 Å². The van der Waals surface area contributed by atoms with Gasteiger partial charge in [0.15, 0.2) is 5.78 Å². The van der Waals surface area contributed by atoms with E-state index in [9.17, 15) is 9.59 Å². The van der Waals surface area contributed by atoms with Crippen LogP contribution in [0.4, 0.5) is 0 Å². The van der Waals surface area contributed by atoms with Crippen LogP contribution >= 0.6 is 0 Å². The first-order valence-corrected chi connectivity index (χ1v) is 10.4. The lowest BCUT2D eigenvalue weighted by atomic mass is 9.98. The minimum absolute atomic E-state index is 0.00811. The third-order valence-corrected chi connectivity index (χ3v) is 5.99. The zero-order chi connectivity index (χ0) is 20.5. The van der Waals surface area contributed by atoms with Crippen LogP contribution in [0, 0.1) is 0 Å². The van der Waals surface area contributed by atoms with Gasteiger partial charge in [0.25, 0.3) is 5.91 Å². The largest absolute Gasteiger partial charge is 0.337 e. The molecule has 5 nitrogen and oxygen atoms in total. The van der Waals surface area contributed by atoms with E-state index < -0.39 is 0 Å². The highest BCUT2D eigenvalue weighted by Crippen LogP contribution is 2.39. The monoisotopic (exact) mass is 397 g/mol. The summed E-state index contributed by atoms with van der Waals surface area (Å²) >= 11 is 0. The lowest BCUT2D eigenvalue weighted by Gasteiger charge is -2.23. The highest BCUT2D eigenvalue weighted by atomic mass is 16.2. The van der Waals surface area contributed by atoms with Crippen molar-refractivity contribution in [2.75, 3.05) is 26.2 Å². The molecule has 2 aromatic carbocycles. The molecule has 5 rings (SSSR count). The Labute approximate surface area is 176 Å². The van der Waals surface area contributed by atoms with Crippen molar-refractivity contribution >= 4 is 11.7 Å². The number of aromatic nitrogens is 1. The molecule has 3 aromatic rings. The van der Waals surface area contributed by atoms with Crippen LogP contribution < -0.4 is 0 Å². The van der Waals surface area contributed by atoms with Gasteiger partial charge in [-0.2, -0.15) is 0 Å². The first-order valence-electron chi connectivity index (χ1n) is 10.4. The molecular formula is C25H23N3O2. The molecule has 1 amide bonds. The molecule has 0 bridgehead atoms. The molecule has 30 heavy (non-hydrogen) atoms. The number of ketones is 1. The fraction of sp³-hybridized carbons (Fsp3) is 0.240. The van der Waals surface area contributed by atoms with E-state index in [1.54, 1.807) is 6.20 Å². The molecule has 1 aliphatic carbocycles. The van der Waals surface area contributed by atoms with Crippen LogP contribution in [0.1, 0.15) is 38.3 Å². The second-order valence-electron chi connectivity index (χ2n) is 7.89. The van der Waals surface area contributed by atoms with Gasteiger partial charge in [-0.3, -0.25) is 19.5 Å². The quantitative estimate of drug-likeness (QED) is 0.530. The standard InChI is InChI=1S/C25H23N3O2/c29-24-20-8-2-1-7-19(20)23-21(24)9-3-10-22(23)25(30)28-13-5-12-27(14-15-28)17-18-6-4-11-26-16-18/h1-4,6-11,16H,5,12-15,17H2. The summed E-state index contributed by atoms with van der Waals surface area (Å²) in [6, 6.07) is 17.1. The van der Waals surface area contributed by atoms with E-state index in [1.165, 1.54) is 5.56 Å². The Balaban J connectivity index is 1.37. The average Bonchev–Trinajstić information content (AvgIpc) is 2.92. The molecule has 150 valence electrons. The summed E-state index contributed by atoms with van der Waals surface area (Å²) < 4.78 is 0. The van der Waals surface area contributed by atoms with Crippen LogP contribution in [0.25, 0.3) is 11.1 Å². The number of amides is 1. The van der Waals surface area contributed by atoms with E-state index in [1.807, 2.05) is 59.6 Å². The molecule has 1 fully saturated rings. The molecule has 0 atom stereocenters. The Bertz CT molecular complexity index is 1110. The van der Waals surface area contributed by atoms with E-state index in [2.05, 4.69) is 16.0 Å². The zero-order valence-electron chi connectivity index (χ0n) is 16.8. The van der Waals surface area contributed by atoms with Gasteiger partial charge in [0.05, 0.1) is 0 Å². The molecule has 0 spiro atoms. The van der Waals surface area contributed by atoms with Crippen LogP contribution in [-0.4, -0.2) is 52.7 Å². The molecule has 0 unspecified atom stereocenters. The third-order valence-electron chi connectivity index (χ3n) is 5.99. The second kappa shape index (κ2) is 7.84. The van der Waals surface area contributed by atoms with Crippen LogP contribution in [0.5, 0.6) is 0 Å². The second-order valence-corrected chi connectivity index (χ2v) is 7.89. The van der Waals surface area contributed by atoms with Crippen molar-refractivity contribution in [2.24, 2.45) is 0 Å². The number of pyridine rings is 1. The maximum absolute atomic E-state index is 13.5. The van der Waals surface area contributed by atoms with Crippen molar-refractivity contribution in [1.82, 2.24) is 14.8 Å². The number of nitrogens with zero attached hydrogens (tertiary/aromatic N) is 3. The smallest absolute Gasteiger partial charge is 0.254 e. The molecular weight excluding hydrogens is 374 g/mol. The number of rotatable bonds is 3. The van der Waals surface area contributed by atoms with E-state index in [4.69, 9.17) is 0 Å². The number of benzene rings is 2. The van der Waals surface area contributed by atoms with Gasteiger partial charge >= 0.3 is 0 Å². The first kappa shape index (κ1) is 18.7. The lowest BCUT2D eigenvalue weighted by molar-refractivity contribution is 0.0762. The number of fused-ring (bicyclic) bond motifs is 3.